The number of para-hydroxylation sites is 1. The summed E-state index contributed by atoms with van der Waals surface area (Å²) < 4.78 is 5.38. The van der Waals surface area contributed by atoms with Crippen LogP contribution in [0.4, 0.5) is 5.82 Å². The smallest absolute Gasteiger partial charge is 0.126 e. The van der Waals surface area contributed by atoms with Gasteiger partial charge in [0.25, 0.3) is 0 Å². The van der Waals surface area contributed by atoms with E-state index in [0.717, 1.165) is 29.4 Å². The van der Waals surface area contributed by atoms with Crippen molar-refractivity contribution in [2.24, 2.45) is 0 Å². The van der Waals surface area contributed by atoms with Crippen molar-refractivity contribution in [3.63, 3.8) is 0 Å². The summed E-state index contributed by atoms with van der Waals surface area (Å²) in [5.74, 6) is 1.72. The highest BCUT2D eigenvalue weighted by atomic mass is 35.5. The first-order valence-corrected chi connectivity index (χ1v) is 7.15. The minimum absolute atomic E-state index is 0.673. The zero-order chi connectivity index (χ0) is 15.2. The van der Waals surface area contributed by atoms with Crippen LogP contribution in [-0.2, 0) is 13.1 Å². The molecule has 0 amide bonds. The van der Waals surface area contributed by atoms with Crippen molar-refractivity contribution in [3.05, 3.63) is 52.7 Å². The summed E-state index contributed by atoms with van der Waals surface area (Å²) in [5.41, 5.74) is 2.00. The molecular formula is C16H20ClN3O. The summed E-state index contributed by atoms with van der Waals surface area (Å²) in [7, 11) is 5.57. The Morgan fingerprint density at radius 3 is 2.67 bits per heavy atom. The van der Waals surface area contributed by atoms with Gasteiger partial charge in [0.2, 0.25) is 0 Å². The molecule has 1 aromatic heterocycles. The lowest BCUT2D eigenvalue weighted by Crippen LogP contribution is -2.19. The van der Waals surface area contributed by atoms with Crippen LogP contribution in [0.25, 0.3) is 0 Å². The Morgan fingerprint density at radius 1 is 1.19 bits per heavy atom. The molecule has 2 aromatic rings. The van der Waals surface area contributed by atoms with Crippen LogP contribution in [0.1, 0.15) is 11.3 Å². The molecule has 21 heavy (non-hydrogen) atoms. The van der Waals surface area contributed by atoms with Gasteiger partial charge in [0.1, 0.15) is 11.6 Å². The van der Waals surface area contributed by atoms with Gasteiger partial charge >= 0.3 is 0 Å². The van der Waals surface area contributed by atoms with Crippen molar-refractivity contribution < 1.29 is 4.74 Å². The Morgan fingerprint density at radius 2 is 1.95 bits per heavy atom. The highest BCUT2D eigenvalue weighted by Crippen LogP contribution is 2.21. The number of pyridine rings is 1. The average molecular weight is 306 g/mol. The molecule has 1 N–H and O–H groups in total. The first-order chi connectivity index (χ1) is 10.1. The van der Waals surface area contributed by atoms with E-state index < -0.39 is 0 Å². The van der Waals surface area contributed by atoms with Crippen molar-refractivity contribution >= 4 is 17.4 Å². The summed E-state index contributed by atoms with van der Waals surface area (Å²) in [6.45, 7) is 1.44. The van der Waals surface area contributed by atoms with E-state index in [9.17, 15) is 0 Å². The minimum Gasteiger partial charge on any atom is -0.496 e. The van der Waals surface area contributed by atoms with Crippen molar-refractivity contribution in [2.75, 3.05) is 26.5 Å². The van der Waals surface area contributed by atoms with E-state index in [1.54, 1.807) is 7.11 Å². The summed E-state index contributed by atoms with van der Waals surface area (Å²) in [4.78, 5) is 6.66. The molecule has 112 valence electrons. The topological polar surface area (TPSA) is 37.4 Å². The van der Waals surface area contributed by atoms with Gasteiger partial charge in [-0.25, -0.2) is 4.98 Å². The van der Waals surface area contributed by atoms with Gasteiger partial charge in [-0.15, -0.1) is 0 Å². The molecule has 2 rings (SSSR count). The second-order valence-electron chi connectivity index (χ2n) is 4.86. The van der Waals surface area contributed by atoms with Crippen LogP contribution < -0.4 is 10.1 Å². The van der Waals surface area contributed by atoms with E-state index in [-0.39, 0.29) is 0 Å². The SMILES string of the molecule is CNc1ccc(Cl)c(CN(C)Cc2ccccc2OC)n1. The van der Waals surface area contributed by atoms with Crippen LogP contribution in [0.3, 0.4) is 0 Å². The maximum absolute atomic E-state index is 6.22. The Labute approximate surface area is 130 Å². The van der Waals surface area contributed by atoms with Crippen LogP contribution in [0, 0.1) is 0 Å². The second-order valence-corrected chi connectivity index (χ2v) is 5.27. The number of hydrogen-bond acceptors (Lipinski definition) is 4. The fourth-order valence-corrected chi connectivity index (χ4v) is 2.34. The molecule has 0 bridgehead atoms. The summed E-state index contributed by atoms with van der Waals surface area (Å²) in [5, 5.41) is 3.71. The molecule has 0 aliphatic heterocycles. The third-order valence-electron chi connectivity index (χ3n) is 3.23. The van der Waals surface area contributed by atoms with E-state index in [0.29, 0.717) is 11.6 Å². The Kier molecular flexibility index (Phi) is 5.42. The number of ether oxygens (including phenoxy) is 1. The summed E-state index contributed by atoms with van der Waals surface area (Å²) in [6, 6.07) is 11.7. The molecule has 0 unspecified atom stereocenters. The van der Waals surface area contributed by atoms with Crippen LogP contribution >= 0.6 is 11.6 Å². The predicted octanol–water partition coefficient (Wildman–Crippen LogP) is 3.42. The van der Waals surface area contributed by atoms with Gasteiger partial charge in [-0.3, -0.25) is 4.90 Å². The summed E-state index contributed by atoms with van der Waals surface area (Å²) in [6.07, 6.45) is 0. The predicted molar refractivity (Wildman–Crippen MR) is 87.0 cm³/mol. The molecule has 0 atom stereocenters. The summed E-state index contributed by atoms with van der Waals surface area (Å²) >= 11 is 6.22. The second kappa shape index (κ2) is 7.29. The van der Waals surface area contributed by atoms with Crippen LogP contribution in [0.2, 0.25) is 5.02 Å². The lowest BCUT2D eigenvalue weighted by atomic mass is 10.2. The fraction of sp³-hybridized carbons (Fsp3) is 0.312. The number of anilines is 1. The van der Waals surface area contributed by atoms with Crippen LogP contribution in [0.5, 0.6) is 5.75 Å². The lowest BCUT2D eigenvalue weighted by molar-refractivity contribution is 0.307. The zero-order valence-corrected chi connectivity index (χ0v) is 13.3. The molecule has 0 fully saturated rings. The molecule has 5 heteroatoms. The van der Waals surface area contributed by atoms with Crippen molar-refractivity contribution in [1.82, 2.24) is 9.88 Å². The third kappa shape index (κ3) is 4.09. The largest absolute Gasteiger partial charge is 0.496 e. The first kappa shape index (κ1) is 15.6. The Balaban J connectivity index is 2.09. The molecule has 0 saturated heterocycles. The van der Waals surface area contributed by atoms with E-state index in [1.165, 1.54) is 0 Å². The standard InChI is InChI=1S/C16H20ClN3O/c1-18-16-9-8-13(17)14(19-16)11-20(2)10-12-6-4-5-7-15(12)21-3/h4-9H,10-11H2,1-3H3,(H,18,19). The minimum atomic E-state index is 0.673. The first-order valence-electron chi connectivity index (χ1n) is 6.77. The molecular weight excluding hydrogens is 286 g/mol. The van der Waals surface area contributed by atoms with Gasteiger partial charge in [0.05, 0.1) is 17.8 Å². The van der Waals surface area contributed by atoms with Crippen molar-refractivity contribution in [3.8, 4) is 5.75 Å². The van der Waals surface area contributed by atoms with Gasteiger partial charge in [0.15, 0.2) is 0 Å². The Bertz CT molecular complexity index is 604. The highest BCUT2D eigenvalue weighted by Gasteiger charge is 2.10. The number of methoxy groups -OCH3 is 1. The average Bonchev–Trinajstić information content (AvgIpc) is 2.50. The number of halogens is 1. The van der Waals surface area contributed by atoms with Gasteiger partial charge < -0.3 is 10.1 Å². The molecule has 1 aromatic carbocycles. The number of aromatic nitrogens is 1. The van der Waals surface area contributed by atoms with E-state index in [2.05, 4.69) is 21.3 Å². The lowest BCUT2D eigenvalue weighted by Gasteiger charge is -2.19. The Hall–Kier alpha value is -1.78. The molecule has 1 heterocycles. The zero-order valence-electron chi connectivity index (χ0n) is 12.6. The molecule has 0 aliphatic rings. The highest BCUT2D eigenvalue weighted by molar-refractivity contribution is 6.31. The van der Waals surface area contributed by atoms with Gasteiger partial charge in [-0.1, -0.05) is 29.8 Å². The monoisotopic (exact) mass is 305 g/mol. The number of hydrogen-bond donors (Lipinski definition) is 1. The van der Waals surface area contributed by atoms with E-state index in [4.69, 9.17) is 16.3 Å². The molecule has 0 aliphatic carbocycles. The quantitative estimate of drug-likeness (QED) is 0.887. The maximum Gasteiger partial charge on any atom is 0.126 e. The normalized spacial score (nSPS) is 10.7. The molecule has 0 saturated carbocycles. The molecule has 0 radical (unpaired) electrons. The third-order valence-corrected chi connectivity index (χ3v) is 3.57. The van der Waals surface area contributed by atoms with E-state index >= 15 is 0 Å². The van der Waals surface area contributed by atoms with Crippen molar-refractivity contribution in [2.45, 2.75) is 13.1 Å². The molecule has 0 spiro atoms. The van der Waals surface area contributed by atoms with Gasteiger partial charge in [-0.2, -0.15) is 0 Å². The van der Waals surface area contributed by atoms with Crippen molar-refractivity contribution in [1.29, 1.82) is 0 Å². The van der Waals surface area contributed by atoms with Gasteiger partial charge in [0, 0.05) is 25.7 Å². The number of rotatable bonds is 6. The number of nitrogens with one attached hydrogen (secondary N) is 1. The fourth-order valence-electron chi connectivity index (χ4n) is 2.17. The van der Waals surface area contributed by atoms with Crippen LogP contribution in [0.15, 0.2) is 36.4 Å². The van der Waals surface area contributed by atoms with Gasteiger partial charge in [-0.05, 0) is 25.2 Å². The maximum atomic E-state index is 6.22. The number of benzene rings is 1. The molecule has 4 nitrogen and oxygen atoms in total. The number of nitrogens with zero attached hydrogens (tertiary/aromatic N) is 2. The van der Waals surface area contributed by atoms with Crippen LogP contribution in [-0.4, -0.2) is 31.1 Å². The van der Waals surface area contributed by atoms with E-state index in [1.807, 2.05) is 44.4 Å².